The molecule has 0 bridgehead atoms. The summed E-state index contributed by atoms with van der Waals surface area (Å²) in [6, 6.07) is 3.76. The summed E-state index contributed by atoms with van der Waals surface area (Å²) < 4.78 is 13.6. The molecule has 6 heteroatoms. The minimum absolute atomic E-state index is 0.0170. The standard InChI is InChI=1S/C12H14ClFN2OS/c1-7(5-11(15)18)16(2)12(17)9-4-3-8(13)6-10(9)14/h3-4,6-7H,5H2,1-2H3,(H2,15,18). The third-order valence-corrected chi connectivity index (χ3v) is 3.04. The first-order valence-corrected chi connectivity index (χ1v) is 6.12. The van der Waals surface area contributed by atoms with E-state index in [-0.39, 0.29) is 16.6 Å². The highest BCUT2D eigenvalue weighted by molar-refractivity contribution is 7.80. The summed E-state index contributed by atoms with van der Waals surface area (Å²) in [5, 5.41) is 0.253. The maximum absolute atomic E-state index is 13.6. The van der Waals surface area contributed by atoms with Gasteiger partial charge in [-0.1, -0.05) is 23.8 Å². The van der Waals surface area contributed by atoms with Crippen LogP contribution in [0.15, 0.2) is 18.2 Å². The summed E-state index contributed by atoms with van der Waals surface area (Å²) in [6.45, 7) is 1.80. The Bertz CT molecular complexity index is 481. The molecule has 1 amide bonds. The number of halogens is 2. The zero-order valence-electron chi connectivity index (χ0n) is 10.1. The van der Waals surface area contributed by atoms with Gasteiger partial charge < -0.3 is 10.6 Å². The first kappa shape index (κ1) is 14.9. The van der Waals surface area contributed by atoms with Crippen LogP contribution in [0.1, 0.15) is 23.7 Å². The van der Waals surface area contributed by atoms with E-state index in [1.807, 2.05) is 0 Å². The molecule has 0 spiro atoms. The Morgan fingerprint density at radius 2 is 2.22 bits per heavy atom. The molecular formula is C12H14ClFN2OS. The summed E-state index contributed by atoms with van der Waals surface area (Å²) >= 11 is 10.4. The number of carbonyl (C=O) groups is 1. The lowest BCUT2D eigenvalue weighted by Gasteiger charge is -2.24. The van der Waals surface area contributed by atoms with Crippen molar-refractivity contribution in [3.05, 3.63) is 34.6 Å². The first-order chi connectivity index (χ1) is 8.32. The molecule has 1 atom stereocenters. The van der Waals surface area contributed by atoms with Gasteiger partial charge >= 0.3 is 0 Å². The first-order valence-electron chi connectivity index (χ1n) is 5.33. The Morgan fingerprint density at radius 1 is 1.61 bits per heavy atom. The topological polar surface area (TPSA) is 46.3 Å². The predicted octanol–water partition coefficient (Wildman–Crippen LogP) is 2.62. The molecule has 98 valence electrons. The summed E-state index contributed by atoms with van der Waals surface area (Å²) in [5.41, 5.74) is 5.40. The molecule has 0 aromatic heterocycles. The van der Waals surface area contributed by atoms with Crippen molar-refractivity contribution < 1.29 is 9.18 Å². The zero-order chi connectivity index (χ0) is 13.9. The summed E-state index contributed by atoms with van der Waals surface area (Å²) in [4.78, 5) is 13.8. The fraction of sp³-hybridized carbons (Fsp3) is 0.333. The molecule has 18 heavy (non-hydrogen) atoms. The van der Waals surface area contributed by atoms with Crippen LogP contribution >= 0.6 is 23.8 Å². The van der Waals surface area contributed by atoms with Crippen molar-refractivity contribution in [1.82, 2.24) is 4.90 Å². The van der Waals surface area contributed by atoms with Gasteiger partial charge in [0.15, 0.2) is 0 Å². The number of amides is 1. The molecule has 2 N–H and O–H groups in total. The highest BCUT2D eigenvalue weighted by Crippen LogP contribution is 2.17. The Morgan fingerprint density at radius 3 is 2.72 bits per heavy atom. The minimum atomic E-state index is -0.637. The van der Waals surface area contributed by atoms with Gasteiger partial charge in [-0.2, -0.15) is 0 Å². The molecule has 1 unspecified atom stereocenters. The van der Waals surface area contributed by atoms with E-state index in [9.17, 15) is 9.18 Å². The van der Waals surface area contributed by atoms with Gasteiger partial charge in [0.05, 0.1) is 10.6 Å². The summed E-state index contributed by atoms with van der Waals surface area (Å²) in [5.74, 6) is -1.06. The minimum Gasteiger partial charge on any atom is -0.393 e. The maximum Gasteiger partial charge on any atom is 0.256 e. The Kier molecular flexibility index (Phi) is 5.04. The molecule has 0 aliphatic rings. The smallest absolute Gasteiger partial charge is 0.256 e. The quantitative estimate of drug-likeness (QED) is 0.867. The van der Waals surface area contributed by atoms with E-state index in [0.717, 1.165) is 6.07 Å². The second-order valence-corrected chi connectivity index (χ2v) is 5.02. The lowest BCUT2D eigenvalue weighted by Crippen LogP contribution is -2.37. The molecule has 0 fully saturated rings. The van der Waals surface area contributed by atoms with Gasteiger partial charge in [0.2, 0.25) is 0 Å². The number of nitrogens with two attached hydrogens (primary N) is 1. The highest BCUT2D eigenvalue weighted by atomic mass is 35.5. The fourth-order valence-electron chi connectivity index (χ4n) is 1.48. The van der Waals surface area contributed by atoms with Gasteiger partial charge in [-0.25, -0.2) is 4.39 Å². The van der Waals surface area contributed by atoms with E-state index >= 15 is 0 Å². The van der Waals surface area contributed by atoms with Crippen molar-refractivity contribution in [2.24, 2.45) is 5.73 Å². The number of benzene rings is 1. The van der Waals surface area contributed by atoms with E-state index in [1.54, 1.807) is 14.0 Å². The van der Waals surface area contributed by atoms with Crippen LogP contribution in [0, 0.1) is 5.82 Å². The molecule has 0 aliphatic carbocycles. The lowest BCUT2D eigenvalue weighted by atomic mass is 10.1. The van der Waals surface area contributed by atoms with Gasteiger partial charge in [-0.15, -0.1) is 0 Å². The Labute approximate surface area is 116 Å². The fourth-order valence-corrected chi connectivity index (χ4v) is 1.88. The van der Waals surface area contributed by atoms with Gasteiger partial charge in [0.25, 0.3) is 5.91 Å². The van der Waals surface area contributed by atoms with E-state index in [4.69, 9.17) is 29.6 Å². The van der Waals surface area contributed by atoms with Crippen LogP contribution in [-0.2, 0) is 0 Å². The number of nitrogens with zero attached hydrogens (tertiary/aromatic N) is 1. The molecule has 3 nitrogen and oxygen atoms in total. The van der Waals surface area contributed by atoms with E-state index in [1.165, 1.54) is 17.0 Å². The maximum atomic E-state index is 13.6. The molecule has 0 saturated carbocycles. The number of thiocarbonyl (C=S) groups is 1. The van der Waals surface area contributed by atoms with E-state index in [2.05, 4.69) is 0 Å². The van der Waals surface area contributed by atoms with Gasteiger partial charge in [-0.05, 0) is 25.1 Å². The normalized spacial score (nSPS) is 12.0. The summed E-state index contributed by atoms with van der Waals surface area (Å²) in [7, 11) is 1.58. The van der Waals surface area contributed by atoms with E-state index < -0.39 is 11.7 Å². The average Bonchev–Trinajstić information content (AvgIpc) is 2.26. The van der Waals surface area contributed by atoms with Crippen LogP contribution in [0.3, 0.4) is 0 Å². The van der Waals surface area contributed by atoms with E-state index in [0.29, 0.717) is 11.4 Å². The average molecular weight is 289 g/mol. The van der Waals surface area contributed by atoms with Crippen LogP contribution in [0.2, 0.25) is 5.02 Å². The van der Waals surface area contributed by atoms with Crippen LogP contribution in [0.25, 0.3) is 0 Å². The van der Waals surface area contributed by atoms with Crippen molar-refractivity contribution in [1.29, 1.82) is 0 Å². The van der Waals surface area contributed by atoms with Crippen molar-refractivity contribution in [2.45, 2.75) is 19.4 Å². The molecule has 0 radical (unpaired) electrons. The number of hydrogen-bond donors (Lipinski definition) is 1. The highest BCUT2D eigenvalue weighted by Gasteiger charge is 2.20. The monoisotopic (exact) mass is 288 g/mol. The summed E-state index contributed by atoms with van der Waals surface area (Å²) in [6.07, 6.45) is 0.396. The molecule has 0 heterocycles. The van der Waals surface area contributed by atoms with Crippen LogP contribution in [0.4, 0.5) is 4.39 Å². The van der Waals surface area contributed by atoms with Crippen molar-refractivity contribution in [3.8, 4) is 0 Å². The van der Waals surface area contributed by atoms with Crippen molar-refractivity contribution >= 4 is 34.7 Å². The van der Waals surface area contributed by atoms with Gasteiger partial charge in [0, 0.05) is 24.5 Å². The number of hydrogen-bond acceptors (Lipinski definition) is 2. The predicted molar refractivity (Wildman–Crippen MR) is 74.4 cm³/mol. The molecule has 1 aromatic carbocycles. The SMILES string of the molecule is CC(CC(N)=S)N(C)C(=O)c1ccc(Cl)cc1F. The second kappa shape index (κ2) is 6.11. The largest absolute Gasteiger partial charge is 0.393 e. The second-order valence-electron chi connectivity index (χ2n) is 4.06. The van der Waals surface area contributed by atoms with Crippen molar-refractivity contribution in [2.75, 3.05) is 7.05 Å². The van der Waals surface area contributed by atoms with Gasteiger partial charge in [-0.3, -0.25) is 4.79 Å². The molecular weight excluding hydrogens is 275 g/mol. The Hall–Kier alpha value is -1.20. The van der Waals surface area contributed by atoms with Gasteiger partial charge in [0.1, 0.15) is 5.82 Å². The van der Waals surface area contributed by atoms with Crippen LogP contribution in [-0.4, -0.2) is 28.9 Å². The third kappa shape index (κ3) is 3.65. The molecule has 0 aliphatic heterocycles. The number of rotatable bonds is 4. The Balaban J connectivity index is 2.89. The number of carbonyl (C=O) groups excluding carboxylic acids is 1. The lowest BCUT2D eigenvalue weighted by molar-refractivity contribution is 0.0743. The molecule has 1 aromatic rings. The molecule has 1 rings (SSSR count). The molecule has 0 saturated heterocycles. The van der Waals surface area contributed by atoms with Crippen LogP contribution in [0.5, 0.6) is 0 Å². The third-order valence-electron chi connectivity index (χ3n) is 2.64. The van der Waals surface area contributed by atoms with Crippen LogP contribution < -0.4 is 5.73 Å². The zero-order valence-corrected chi connectivity index (χ0v) is 11.7. The van der Waals surface area contributed by atoms with Crippen molar-refractivity contribution in [3.63, 3.8) is 0 Å².